The first-order valence-electron chi connectivity index (χ1n) is 12.2. The van der Waals surface area contributed by atoms with Gasteiger partial charge < -0.3 is 25.7 Å². The topological polar surface area (TPSA) is 96.3 Å². The van der Waals surface area contributed by atoms with Crippen molar-refractivity contribution in [1.82, 2.24) is 20.2 Å². The Labute approximate surface area is 209 Å². The molecule has 5 rings (SSSR count). The molecule has 7 nitrogen and oxygen atoms in total. The van der Waals surface area contributed by atoms with E-state index in [1.54, 1.807) is 24.4 Å². The van der Waals surface area contributed by atoms with E-state index in [2.05, 4.69) is 27.2 Å². The number of nitrogens with zero attached hydrogens (tertiary/aromatic N) is 2. The number of hydrogen-bond acceptors (Lipinski definition) is 5. The normalized spacial score (nSPS) is 15.6. The summed E-state index contributed by atoms with van der Waals surface area (Å²) in [6, 6.07) is 15.7. The number of rotatable bonds is 7. The number of nitrogens with one attached hydrogen (secondary N) is 2. The Balaban J connectivity index is 1.29. The second kappa shape index (κ2) is 10.5. The van der Waals surface area contributed by atoms with Crippen LogP contribution in [0.3, 0.4) is 0 Å². The lowest BCUT2D eigenvalue weighted by molar-refractivity contribution is -0.123. The molecule has 4 aromatic rings. The van der Waals surface area contributed by atoms with Crippen LogP contribution in [0.1, 0.15) is 18.4 Å². The van der Waals surface area contributed by atoms with Gasteiger partial charge in [0.05, 0.1) is 11.4 Å². The van der Waals surface area contributed by atoms with E-state index in [1.807, 2.05) is 36.5 Å². The highest BCUT2D eigenvalue weighted by atomic mass is 19.1. The van der Waals surface area contributed by atoms with Crippen molar-refractivity contribution in [2.24, 2.45) is 5.73 Å². The predicted octanol–water partition coefficient (Wildman–Crippen LogP) is 4.24. The number of pyridine rings is 1. The summed E-state index contributed by atoms with van der Waals surface area (Å²) in [7, 11) is 2.07. The fourth-order valence-electron chi connectivity index (χ4n) is 4.64. The molecule has 1 saturated heterocycles. The van der Waals surface area contributed by atoms with Gasteiger partial charge in [-0.15, -0.1) is 0 Å². The first-order chi connectivity index (χ1) is 17.5. The number of hydrogen-bond donors (Lipinski definition) is 3. The van der Waals surface area contributed by atoms with Crippen molar-refractivity contribution in [2.45, 2.75) is 31.3 Å². The van der Waals surface area contributed by atoms with E-state index in [-0.39, 0.29) is 24.1 Å². The van der Waals surface area contributed by atoms with Gasteiger partial charge in [-0.2, -0.15) is 0 Å². The van der Waals surface area contributed by atoms with Crippen molar-refractivity contribution in [3.05, 3.63) is 78.4 Å². The highest BCUT2D eigenvalue weighted by Crippen LogP contribution is 2.37. The number of fused-ring (bicyclic) bond motifs is 1. The van der Waals surface area contributed by atoms with Crippen LogP contribution in [-0.4, -0.2) is 53.0 Å². The number of aromatic amines is 1. The van der Waals surface area contributed by atoms with E-state index in [0.29, 0.717) is 17.0 Å². The molecule has 1 aliphatic heterocycles. The van der Waals surface area contributed by atoms with E-state index in [4.69, 9.17) is 10.5 Å². The van der Waals surface area contributed by atoms with Crippen LogP contribution in [-0.2, 0) is 11.2 Å². The number of piperidine rings is 1. The van der Waals surface area contributed by atoms with Crippen LogP contribution in [0, 0.1) is 5.82 Å². The first-order valence-corrected chi connectivity index (χ1v) is 12.2. The Morgan fingerprint density at radius 2 is 1.97 bits per heavy atom. The number of H-pyrrole nitrogens is 1. The molecule has 4 N–H and O–H groups in total. The predicted molar refractivity (Wildman–Crippen MR) is 138 cm³/mol. The number of halogens is 1. The molecule has 3 heterocycles. The minimum Gasteiger partial charge on any atom is -0.453 e. The molecule has 0 aliphatic carbocycles. The molecule has 0 spiro atoms. The van der Waals surface area contributed by atoms with Gasteiger partial charge in [0.25, 0.3) is 0 Å². The average molecular weight is 488 g/mol. The second-order valence-corrected chi connectivity index (χ2v) is 9.36. The lowest BCUT2D eigenvalue weighted by Gasteiger charge is -2.30. The van der Waals surface area contributed by atoms with Crippen molar-refractivity contribution in [2.75, 3.05) is 20.1 Å². The molecule has 1 atom stereocenters. The summed E-state index contributed by atoms with van der Waals surface area (Å²) in [4.78, 5) is 22.3. The Hall–Kier alpha value is -3.75. The van der Waals surface area contributed by atoms with Gasteiger partial charge in [0.2, 0.25) is 5.91 Å². The summed E-state index contributed by atoms with van der Waals surface area (Å²) in [5, 5.41) is 3.81. The van der Waals surface area contributed by atoms with Crippen molar-refractivity contribution < 1.29 is 13.9 Å². The van der Waals surface area contributed by atoms with Gasteiger partial charge >= 0.3 is 0 Å². The molecular formula is C28H30FN5O2. The summed E-state index contributed by atoms with van der Waals surface area (Å²) < 4.78 is 21.1. The molecule has 1 fully saturated rings. The molecule has 186 valence electrons. The smallest absolute Gasteiger partial charge is 0.237 e. The third kappa shape index (κ3) is 5.24. The number of benzene rings is 2. The van der Waals surface area contributed by atoms with Crippen LogP contribution in [0.2, 0.25) is 0 Å². The van der Waals surface area contributed by atoms with Crippen molar-refractivity contribution in [3.63, 3.8) is 0 Å². The SMILES string of the molecule is CN1CCC(NC(=O)[C@@H](N)Cc2ccc(Oc3ccnc4[nH]cc(-c5ccccc5)c34)c(F)c2)CC1. The van der Waals surface area contributed by atoms with E-state index in [9.17, 15) is 4.79 Å². The maximum Gasteiger partial charge on any atom is 0.237 e. The van der Waals surface area contributed by atoms with Gasteiger partial charge in [-0.25, -0.2) is 9.37 Å². The molecular weight excluding hydrogens is 457 g/mol. The van der Waals surface area contributed by atoms with Crippen LogP contribution in [0.4, 0.5) is 4.39 Å². The first kappa shape index (κ1) is 24.0. The largest absolute Gasteiger partial charge is 0.453 e. The van der Waals surface area contributed by atoms with Crippen molar-refractivity contribution in [3.8, 4) is 22.6 Å². The molecule has 1 amide bonds. The second-order valence-electron chi connectivity index (χ2n) is 9.36. The number of nitrogens with two attached hydrogens (primary N) is 1. The molecule has 1 aliphatic rings. The molecule has 2 aromatic heterocycles. The van der Waals surface area contributed by atoms with Gasteiger partial charge in [-0.3, -0.25) is 4.79 Å². The molecule has 0 unspecified atom stereocenters. The van der Waals surface area contributed by atoms with Gasteiger partial charge in [-0.05, 0) is 68.7 Å². The van der Waals surface area contributed by atoms with Gasteiger partial charge in [-0.1, -0.05) is 36.4 Å². The van der Waals surface area contributed by atoms with Gasteiger partial charge in [0.1, 0.15) is 11.4 Å². The highest BCUT2D eigenvalue weighted by molar-refractivity contribution is 5.98. The number of aromatic nitrogens is 2. The van der Waals surface area contributed by atoms with E-state index >= 15 is 4.39 Å². The fourth-order valence-corrected chi connectivity index (χ4v) is 4.64. The van der Waals surface area contributed by atoms with E-state index in [1.165, 1.54) is 6.07 Å². The lowest BCUT2D eigenvalue weighted by atomic mass is 10.0. The maximum atomic E-state index is 15.1. The van der Waals surface area contributed by atoms with Crippen LogP contribution >= 0.6 is 0 Å². The van der Waals surface area contributed by atoms with Crippen molar-refractivity contribution in [1.29, 1.82) is 0 Å². The van der Waals surface area contributed by atoms with E-state index < -0.39 is 11.9 Å². The van der Waals surface area contributed by atoms with Crippen LogP contribution in [0.15, 0.2) is 67.0 Å². The molecule has 0 radical (unpaired) electrons. The third-order valence-electron chi connectivity index (χ3n) is 6.69. The Bertz CT molecular complexity index is 1350. The zero-order chi connectivity index (χ0) is 25.1. The molecule has 36 heavy (non-hydrogen) atoms. The average Bonchev–Trinajstić information content (AvgIpc) is 3.33. The maximum absolute atomic E-state index is 15.1. The Kier molecular flexibility index (Phi) is 6.97. The van der Waals surface area contributed by atoms with Gasteiger partial charge in [0, 0.05) is 24.0 Å². The number of ether oxygens (including phenoxy) is 1. The molecule has 0 bridgehead atoms. The highest BCUT2D eigenvalue weighted by Gasteiger charge is 2.22. The zero-order valence-corrected chi connectivity index (χ0v) is 20.2. The summed E-state index contributed by atoms with van der Waals surface area (Å²) in [5.41, 5.74) is 9.36. The Morgan fingerprint density at radius 3 is 2.72 bits per heavy atom. The molecule has 8 heteroatoms. The summed E-state index contributed by atoms with van der Waals surface area (Å²) in [5.74, 6) is -0.126. The Morgan fingerprint density at radius 1 is 1.19 bits per heavy atom. The number of carbonyl (C=O) groups excluding carboxylic acids is 1. The summed E-state index contributed by atoms with van der Waals surface area (Å²) in [6.45, 7) is 1.90. The van der Waals surface area contributed by atoms with E-state index in [0.717, 1.165) is 42.4 Å². The molecule has 2 aromatic carbocycles. The zero-order valence-electron chi connectivity index (χ0n) is 20.2. The van der Waals surface area contributed by atoms with Gasteiger partial charge in [0.15, 0.2) is 11.6 Å². The molecule has 0 saturated carbocycles. The van der Waals surface area contributed by atoms with Crippen LogP contribution in [0.25, 0.3) is 22.2 Å². The minimum absolute atomic E-state index is 0.0933. The summed E-state index contributed by atoms with van der Waals surface area (Å²) >= 11 is 0. The third-order valence-corrected chi connectivity index (χ3v) is 6.69. The summed E-state index contributed by atoms with van der Waals surface area (Å²) in [6.07, 6.45) is 5.55. The lowest BCUT2D eigenvalue weighted by Crippen LogP contribution is -2.49. The fraction of sp³-hybridized carbons (Fsp3) is 0.286. The number of likely N-dealkylation sites (tertiary alicyclic amines) is 1. The van der Waals surface area contributed by atoms with Crippen molar-refractivity contribution >= 4 is 16.9 Å². The van der Waals surface area contributed by atoms with Crippen LogP contribution < -0.4 is 15.8 Å². The number of amides is 1. The van der Waals surface area contributed by atoms with Crippen LogP contribution in [0.5, 0.6) is 11.5 Å². The monoisotopic (exact) mass is 487 g/mol. The minimum atomic E-state index is -0.746. The quantitative estimate of drug-likeness (QED) is 0.362. The number of carbonyl (C=O) groups is 1. The standard InChI is InChI=1S/C28H30FN5O2/c1-34-13-10-20(11-14-34)33-28(35)23(30)16-18-7-8-24(22(29)15-18)36-25-9-12-31-27-26(25)21(17-32-27)19-5-3-2-4-6-19/h2-9,12,15,17,20,23H,10-11,13-14,16,30H2,1H3,(H,31,32)(H,33,35)/t23-/m0/s1.